The highest BCUT2D eigenvalue weighted by molar-refractivity contribution is 6.04. The molecule has 0 fully saturated rings. The van der Waals surface area contributed by atoms with Crippen molar-refractivity contribution in [2.75, 3.05) is 0 Å². The van der Waals surface area contributed by atoms with Crippen LogP contribution in [0.1, 0.15) is 34.3 Å². The van der Waals surface area contributed by atoms with Gasteiger partial charge in [-0.25, -0.2) is 0 Å². The fourth-order valence-electron chi connectivity index (χ4n) is 4.17. The van der Waals surface area contributed by atoms with Crippen LogP contribution in [0.25, 0.3) is 11.1 Å². The number of carboxylic acid groups (broad SMARTS) is 1. The second kappa shape index (κ2) is 8.27. The van der Waals surface area contributed by atoms with Crippen molar-refractivity contribution >= 4 is 22.9 Å². The van der Waals surface area contributed by atoms with Gasteiger partial charge in [-0.3, -0.25) is 4.79 Å². The number of carboxylic acids is 1. The molecule has 2 atom stereocenters. The summed E-state index contributed by atoms with van der Waals surface area (Å²) >= 11 is 0. The first-order chi connectivity index (χ1) is 14.1. The van der Waals surface area contributed by atoms with Gasteiger partial charge < -0.3 is 9.90 Å². The Morgan fingerprint density at radius 1 is 0.621 bits per heavy atom. The minimum atomic E-state index is -1.17. The summed E-state index contributed by atoms with van der Waals surface area (Å²) < 4.78 is 0. The molecule has 0 heterocycles. The van der Waals surface area contributed by atoms with Crippen LogP contribution in [0.5, 0.6) is 0 Å². The predicted octanol–water partition coefficient (Wildman–Crippen LogP) is 4.26. The van der Waals surface area contributed by atoms with Crippen LogP contribution in [0.15, 0.2) is 91.0 Å². The van der Waals surface area contributed by atoms with E-state index in [-0.39, 0.29) is 12.2 Å². The third kappa shape index (κ3) is 3.90. The number of hydrogen-bond acceptors (Lipinski definition) is 3. The van der Waals surface area contributed by atoms with Crippen LogP contribution in [-0.2, 0) is 4.79 Å². The third-order valence-corrected chi connectivity index (χ3v) is 5.64. The molecule has 0 bridgehead atoms. The lowest BCUT2D eigenvalue weighted by Gasteiger charge is -2.35. The van der Waals surface area contributed by atoms with Crippen LogP contribution in [0.3, 0.4) is 0 Å². The number of carbonyl (C=O) groups excluding carboxylic acids is 2. The molecule has 144 valence electrons. The average Bonchev–Trinajstić information content (AvgIpc) is 2.79. The number of carbonyl (C=O) groups is 2. The zero-order valence-corrected chi connectivity index (χ0v) is 16.0. The zero-order chi connectivity index (χ0) is 20.2. The lowest BCUT2D eigenvalue weighted by Crippen LogP contribution is -2.41. The molecule has 0 saturated carbocycles. The van der Waals surface area contributed by atoms with Crippen LogP contribution in [0.2, 0.25) is 0 Å². The van der Waals surface area contributed by atoms with Gasteiger partial charge in [-0.15, -0.1) is 0 Å². The minimum absolute atomic E-state index is 0.139. The monoisotopic (exact) mass is 381 g/mol. The number of allylic oxidation sites excluding steroid dienone is 2. The summed E-state index contributed by atoms with van der Waals surface area (Å²) in [7, 11) is 0. The molecule has 0 saturated heterocycles. The highest BCUT2D eigenvalue weighted by Crippen LogP contribution is 2.44. The maximum Gasteiger partial charge on any atom is 0.166 e. The van der Waals surface area contributed by atoms with Crippen LogP contribution in [0.4, 0.5) is 0 Å². The molecule has 2 unspecified atom stereocenters. The van der Waals surface area contributed by atoms with Gasteiger partial charge in [0.1, 0.15) is 0 Å². The summed E-state index contributed by atoms with van der Waals surface area (Å²) in [6.45, 7) is 0. The summed E-state index contributed by atoms with van der Waals surface area (Å²) in [6, 6.07) is 28.6. The molecule has 3 heteroatoms. The standard InChI is InChI=1S/C26H22O3/c27-25(20-14-8-3-9-15-20)23-16-21(18-10-4-1-5-11-18)22(17-24(23)26(28)29)19-12-6-2-7-13-19/h1-15,23-24H,16-17H2,(H,28,29)/p-1. The van der Waals surface area contributed by atoms with E-state index in [1.165, 1.54) is 0 Å². The molecule has 0 spiro atoms. The molecule has 0 aromatic heterocycles. The normalized spacial score (nSPS) is 19.0. The van der Waals surface area contributed by atoms with E-state index in [1.807, 2.05) is 66.7 Å². The molecule has 3 nitrogen and oxygen atoms in total. The van der Waals surface area contributed by atoms with E-state index in [1.54, 1.807) is 24.3 Å². The van der Waals surface area contributed by atoms with Crippen molar-refractivity contribution < 1.29 is 14.7 Å². The Kier molecular flexibility index (Phi) is 5.39. The first-order valence-electron chi connectivity index (χ1n) is 9.78. The maximum atomic E-state index is 13.2. The summed E-state index contributed by atoms with van der Waals surface area (Å²) in [4.78, 5) is 25.3. The molecule has 29 heavy (non-hydrogen) atoms. The molecule has 1 aliphatic carbocycles. The smallest absolute Gasteiger partial charge is 0.166 e. The second-order valence-corrected chi connectivity index (χ2v) is 7.36. The lowest BCUT2D eigenvalue weighted by molar-refractivity contribution is -0.312. The molecule has 0 aliphatic heterocycles. The van der Waals surface area contributed by atoms with Gasteiger partial charge in [-0.2, -0.15) is 0 Å². The Morgan fingerprint density at radius 3 is 1.48 bits per heavy atom. The summed E-state index contributed by atoms with van der Waals surface area (Å²) in [5.74, 6) is -2.81. The van der Waals surface area contributed by atoms with Gasteiger partial charge in [0.25, 0.3) is 0 Å². The van der Waals surface area contributed by atoms with Gasteiger partial charge in [0.2, 0.25) is 0 Å². The summed E-state index contributed by atoms with van der Waals surface area (Å²) in [5, 5.41) is 12.0. The number of benzene rings is 3. The van der Waals surface area contributed by atoms with Gasteiger partial charge in [-0.05, 0) is 35.1 Å². The van der Waals surface area contributed by atoms with Gasteiger partial charge in [0, 0.05) is 23.4 Å². The lowest BCUT2D eigenvalue weighted by atomic mass is 9.70. The topological polar surface area (TPSA) is 57.2 Å². The van der Waals surface area contributed by atoms with Gasteiger partial charge in [0.05, 0.1) is 0 Å². The Morgan fingerprint density at radius 2 is 1.03 bits per heavy atom. The van der Waals surface area contributed by atoms with Crippen LogP contribution >= 0.6 is 0 Å². The third-order valence-electron chi connectivity index (χ3n) is 5.64. The predicted molar refractivity (Wildman–Crippen MR) is 112 cm³/mol. The van der Waals surface area contributed by atoms with Gasteiger partial charge in [-0.1, -0.05) is 91.0 Å². The molecule has 4 rings (SSSR count). The fraction of sp³-hybridized carbons (Fsp3) is 0.154. The molecule has 0 N–H and O–H groups in total. The molecule has 0 amide bonds. The van der Waals surface area contributed by atoms with E-state index < -0.39 is 17.8 Å². The van der Waals surface area contributed by atoms with Crippen LogP contribution in [-0.4, -0.2) is 11.8 Å². The minimum Gasteiger partial charge on any atom is -0.550 e. The number of rotatable bonds is 5. The molecular weight excluding hydrogens is 360 g/mol. The fourth-order valence-corrected chi connectivity index (χ4v) is 4.17. The SMILES string of the molecule is O=C([O-])C1CC(c2ccccc2)=C(c2ccccc2)CC1C(=O)c1ccccc1. The Bertz CT molecular complexity index is 1040. The zero-order valence-electron chi connectivity index (χ0n) is 16.0. The van der Waals surface area contributed by atoms with E-state index in [9.17, 15) is 14.7 Å². The highest BCUT2D eigenvalue weighted by atomic mass is 16.4. The van der Waals surface area contributed by atoms with Crippen molar-refractivity contribution in [2.24, 2.45) is 11.8 Å². The summed E-state index contributed by atoms with van der Waals surface area (Å²) in [6.07, 6.45) is 0.653. The first-order valence-corrected chi connectivity index (χ1v) is 9.78. The van der Waals surface area contributed by atoms with E-state index in [4.69, 9.17) is 0 Å². The van der Waals surface area contributed by atoms with Crippen molar-refractivity contribution in [3.8, 4) is 0 Å². The van der Waals surface area contributed by atoms with Crippen molar-refractivity contribution in [2.45, 2.75) is 12.8 Å². The molecule has 1 aliphatic rings. The summed E-state index contributed by atoms with van der Waals surface area (Å²) in [5.41, 5.74) is 4.56. The number of ketones is 1. The quantitative estimate of drug-likeness (QED) is 0.621. The Hall–Kier alpha value is -3.46. The van der Waals surface area contributed by atoms with Gasteiger partial charge >= 0.3 is 0 Å². The maximum absolute atomic E-state index is 13.2. The van der Waals surface area contributed by atoms with Crippen molar-refractivity contribution in [1.29, 1.82) is 0 Å². The van der Waals surface area contributed by atoms with Crippen molar-refractivity contribution in [3.63, 3.8) is 0 Å². The highest BCUT2D eigenvalue weighted by Gasteiger charge is 2.36. The number of Topliss-reactive ketones (excluding diaryl/α,β-unsaturated/α-hetero) is 1. The molecule has 3 aromatic rings. The van der Waals surface area contributed by atoms with Crippen molar-refractivity contribution in [3.05, 3.63) is 108 Å². The second-order valence-electron chi connectivity index (χ2n) is 7.36. The number of aliphatic carboxylic acids is 1. The average molecular weight is 381 g/mol. The first kappa shape index (κ1) is 18.9. The molecular formula is C26H21O3-. The van der Waals surface area contributed by atoms with E-state index in [2.05, 4.69) is 0 Å². The van der Waals surface area contributed by atoms with Crippen molar-refractivity contribution in [1.82, 2.24) is 0 Å². The molecule has 0 radical (unpaired) electrons. The Labute approximate surface area is 170 Å². The number of hydrogen-bond donors (Lipinski definition) is 0. The largest absolute Gasteiger partial charge is 0.550 e. The van der Waals surface area contributed by atoms with E-state index >= 15 is 0 Å². The van der Waals surface area contributed by atoms with E-state index in [0.29, 0.717) is 12.0 Å². The Balaban J connectivity index is 1.83. The van der Waals surface area contributed by atoms with Crippen LogP contribution < -0.4 is 5.11 Å². The molecule has 3 aromatic carbocycles. The van der Waals surface area contributed by atoms with Gasteiger partial charge in [0.15, 0.2) is 5.78 Å². The van der Waals surface area contributed by atoms with E-state index in [0.717, 1.165) is 22.3 Å². The van der Waals surface area contributed by atoms with Crippen LogP contribution in [0, 0.1) is 11.8 Å².